The molecule has 1 rings (SSSR count). The molecule has 0 unspecified atom stereocenters. The number of benzene rings is 1. The van der Waals surface area contributed by atoms with Crippen LogP contribution in [0.5, 0.6) is 0 Å². The van der Waals surface area contributed by atoms with E-state index in [0.29, 0.717) is 0 Å². The summed E-state index contributed by atoms with van der Waals surface area (Å²) in [6.07, 6.45) is 0. The minimum Gasteiger partial charge on any atom is -0.398 e. The van der Waals surface area contributed by atoms with Crippen molar-refractivity contribution in [3.63, 3.8) is 0 Å². The van der Waals surface area contributed by atoms with Crippen molar-refractivity contribution in [1.82, 2.24) is 0 Å². The van der Waals surface area contributed by atoms with Gasteiger partial charge in [-0.25, -0.2) is 8.78 Å². The predicted molar refractivity (Wildman–Crippen MR) is 48.8 cm³/mol. The van der Waals surface area contributed by atoms with Crippen LogP contribution in [0.2, 0.25) is 0 Å². The molecule has 0 radical (unpaired) electrons. The molecule has 0 aromatic heterocycles. The molecule has 0 spiro atoms. The monoisotopic (exact) mass is 249 g/mol. The molecule has 0 atom stereocenters. The highest BCUT2D eigenvalue weighted by molar-refractivity contribution is 9.18. The molecule has 1 aromatic carbocycles. The van der Waals surface area contributed by atoms with Crippen molar-refractivity contribution in [3.8, 4) is 0 Å². The minimum atomic E-state index is -0.561. The third-order valence-electron chi connectivity index (χ3n) is 1.32. The molecule has 0 aliphatic rings. The van der Waals surface area contributed by atoms with Crippen molar-refractivity contribution in [2.45, 2.75) is 0 Å². The van der Waals surface area contributed by atoms with Gasteiger partial charge in [-0.3, -0.25) is 0 Å². The molecule has 0 bridgehead atoms. The normalized spacial score (nSPS) is 11.5. The van der Waals surface area contributed by atoms with Crippen LogP contribution in [-0.4, -0.2) is 11.7 Å². The fraction of sp³-hybridized carbons (Fsp3) is 0.125. The SMILES string of the molecule is CON=C(Br)c1cc(F)ccc1F. The van der Waals surface area contributed by atoms with Crippen LogP contribution < -0.4 is 0 Å². The maximum atomic E-state index is 13.0. The second-order valence-electron chi connectivity index (χ2n) is 2.19. The molecule has 2 nitrogen and oxygen atoms in total. The average Bonchev–Trinajstić information content (AvgIpc) is 2.09. The molecule has 0 aliphatic carbocycles. The lowest BCUT2D eigenvalue weighted by atomic mass is 10.2. The number of nitrogens with zero attached hydrogens (tertiary/aromatic N) is 1. The summed E-state index contributed by atoms with van der Waals surface area (Å²) >= 11 is 2.95. The molecule has 0 aliphatic heterocycles. The lowest BCUT2D eigenvalue weighted by Crippen LogP contribution is -1.97. The number of oxime groups is 1. The zero-order chi connectivity index (χ0) is 9.84. The molecule has 5 heteroatoms. The van der Waals surface area contributed by atoms with Crippen LogP contribution in [0.15, 0.2) is 23.4 Å². The van der Waals surface area contributed by atoms with Crippen LogP contribution in [0.4, 0.5) is 8.78 Å². The van der Waals surface area contributed by atoms with Gasteiger partial charge >= 0.3 is 0 Å². The highest BCUT2D eigenvalue weighted by atomic mass is 79.9. The van der Waals surface area contributed by atoms with Crippen molar-refractivity contribution < 1.29 is 13.6 Å². The van der Waals surface area contributed by atoms with Crippen LogP contribution in [0.25, 0.3) is 0 Å². The van der Waals surface area contributed by atoms with E-state index in [1.165, 1.54) is 7.11 Å². The van der Waals surface area contributed by atoms with E-state index in [0.717, 1.165) is 18.2 Å². The summed E-state index contributed by atoms with van der Waals surface area (Å²) < 4.78 is 25.8. The third kappa shape index (κ3) is 2.48. The average molecular weight is 250 g/mol. The lowest BCUT2D eigenvalue weighted by Gasteiger charge is -1.99. The Hall–Kier alpha value is -0.970. The highest BCUT2D eigenvalue weighted by Crippen LogP contribution is 2.14. The van der Waals surface area contributed by atoms with Crippen LogP contribution in [0.3, 0.4) is 0 Å². The van der Waals surface area contributed by atoms with Crippen LogP contribution in [0.1, 0.15) is 5.56 Å². The van der Waals surface area contributed by atoms with Gasteiger partial charge < -0.3 is 4.84 Å². The van der Waals surface area contributed by atoms with Gasteiger partial charge in [-0.05, 0) is 34.1 Å². The Morgan fingerprint density at radius 3 is 2.77 bits per heavy atom. The molecule has 13 heavy (non-hydrogen) atoms. The topological polar surface area (TPSA) is 21.6 Å². The Morgan fingerprint density at radius 1 is 1.46 bits per heavy atom. The number of hydrogen-bond donors (Lipinski definition) is 0. The summed E-state index contributed by atoms with van der Waals surface area (Å²) in [6, 6.07) is 3.09. The fourth-order valence-electron chi connectivity index (χ4n) is 0.785. The predicted octanol–water partition coefficient (Wildman–Crippen LogP) is 2.67. The van der Waals surface area contributed by atoms with E-state index in [1.807, 2.05) is 0 Å². The van der Waals surface area contributed by atoms with Gasteiger partial charge in [0.2, 0.25) is 0 Å². The molecule has 0 saturated heterocycles. The van der Waals surface area contributed by atoms with E-state index < -0.39 is 11.6 Å². The Morgan fingerprint density at radius 2 is 2.15 bits per heavy atom. The smallest absolute Gasteiger partial charge is 0.155 e. The first-order valence-corrected chi connectivity index (χ1v) is 4.16. The van der Waals surface area contributed by atoms with Crippen molar-refractivity contribution >= 4 is 20.6 Å². The Balaban J connectivity index is 3.13. The molecular formula is C8H6BrF2NO. The Labute approximate surface area is 82.3 Å². The molecule has 0 N–H and O–H groups in total. The summed E-state index contributed by atoms with van der Waals surface area (Å²) in [4.78, 5) is 4.40. The van der Waals surface area contributed by atoms with Gasteiger partial charge in [-0.2, -0.15) is 0 Å². The summed E-state index contributed by atoms with van der Waals surface area (Å²) in [5.74, 6) is -1.09. The molecule has 1 aromatic rings. The molecule has 0 fully saturated rings. The number of halogens is 3. The van der Waals surface area contributed by atoms with Crippen LogP contribution in [-0.2, 0) is 4.84 Å². The fourth-order valence-corrected chi connectivity index (χ4v) is 1.23. The largest absolute Gasteiger partial charge is 0.398 e. The van der Waals surface area contributed by atoms with E-state index >= 15 is 0 Å². The van der Waals surface area contributed by atoms with E-state index in [-0.39, 0.29) is 10.2 Å². The Bertz CT molecular complexity index is 341. The molecule has 70 valence electrons. The first-order chi connectivity index (χ1) is 6.15. The Kier molecular flexibility index (Phi) is 3.36. The summed E-state index contributed by atoms with van der Waals surface area (Å²) in [6.45, 7) is 0. The molecular weight excluding hydrogens is 244 g/mol. The van der Waals surface area contributed by atoms with Gasteiger partial charge in [0, 0.05) is 5.56 Å². The summed E-state index contributed by atoms with van der Waals surface area (Å²) in [5.41, 5.74) is 0.0295. The molecule has 0 heterocycles. The molecule has 0 amide bonds. The lowest BCUT2D eigenvalue weighted by molar-refractivity contribution is 0.215. The van der Waals surface area contributed by atoms with Gasteiger partial charge in [0.25, 0.3) is 0 Å². The third-order valence-corrected chi connectivity index (χ3v) is 1.89. The van der Waals surface area contributed by atoms with Gasteiger partial charge in [0.05, 0.1) is 0 Å². The van der Waals surface area contributed by atoms with Crippen molar-refractivity contribution in [2.75, 3.05) is 7.11 Å². The second-order valence-corrected chi connectivity index (χ2v) is 2.94. The first kappa shape index (κ1) is 10.1. The number of rotatable bonds is 2. The van der Waals surface area contributed by atoms with Crippen LogP contribution >= 0.6 is 15.9 Å². The van der Waals surface area contributed by atoms with Crippen molar-refractivity contribution in [3.05, 3.63) is 35.4 Å². The zero-order valence-corrected chi connectivity index (χ0v) is 8.31. The van der Waals surface area contributed by atoms with Gasteiger partial charge in [-0.15, -0.1) is 0 Å². The highest BCUT2D eigenvalue weighted by Gasteiger charge is 2.08. The van der Waals surface area contributed by atoms with Gasteiger partial charge in [-0.1, -0.05) is 5.16 Å². The van der Waals surface area contributed by atoms with E-state index in [1.54, 1.807) is 0 Å². The maximum Gasteiger partial charge on any atom is 0.155 e. The zero-order valence-electron chi connectivity index (χ0n) is 6.72. The van der Waals surface area contributed by atoms with Gasteiger partial charge in [0.1, 0.15) is 18.7 Å². The summed E-state index contributed by atoms with van der Waals surface area (Å²) in [5, 5.41) is 3.42. The minimum absolute atomic E-state index is 0.0295. The number of hydrogen-bond acceptors (Lipinski definition) is 2. The standard InChI is InChI=1S/C8H6BrF2NO/c1-13-12-8(9)6-4-5(10)2-3-7(6)11/h2-4H,1H3. The quantitative estimate of drug-likeness (QED) is 0.584. The summed E-state index contributed by atoms with van der Waals surface area (Å²) in [7, 11) is 1.32. The van der Waals surface area contributed by atoms with Crippen molar-refractivity contribution in [2.24, 2.45) is 5.16 Å². The van der Waals surface area contributed by atoms with Crippen LogP contribution in [0, 0.1) is 11.6 Å². The van der Waals surface area contributed by atoms with E-state index in [4.69, 9.17) is 0 Å². The van der Waals surface area contributed by atoms with E-state index in [9.17, 15) is 8.78 Å². The van der Waals surface area contributed by atoms with E-state index in [2.05, 4.69) is 25.9 Å². The van der Waals surface area contributed by atoms with Crippen molar-refractivity contribution in [1.29, 1.82) is 0 Å². The second kappa shape index (κ2) is 4.32. The first-order valence-electron chi connectivity index (χ1n) is 3.37. The van der Waals surface area contributed by atoms with Gasteiger partial charge in [0.15, 0.2) is 4.62 Å². The molecule has 0 saturated carbocycles. The maximum absolute atomic E-state index is 13.0.